The van der Waals surface area contributed by atoms with E-state index in [4.69, 9.17) is 0 Å². The van der Waals surface area contributed by atoms with Crippen LogP contribution >= 0.6 is 11.3 Å². The van der Waals surface area contributed by atoms with Gasteiger partial charge in [0, 0.05) is 24.4 Å². The molecule has 1 saturated heterocycles. The Labute approximate surface area is 113 Å². The second-order valence-electron chi connectivity index (χ2n) is 5.08. The summed E-state index contributed by atoms with van der Waals surface area (Å²) in [5.41, 5.74) is 0. The average molecular weight is 266 g/mol. The number of carbonyl (C=O) groups is 1. The zero-order valence-corrected chi connectivity index (χ0v) is 12.0. The second-order valence-corrected chi connectivity index (χ2v) is 6.12. The smallest absolute Gasteiger partial charge is 0.239 e. The molecule has 100 valence electrons. The minimum atomic E-state index is 0.0366. The molecule has 1 fully saturated rings. The van der Waals surface area contributed by atoms with Crippen molar-refractivity contribution in [3.8, 4) is 0 Å². The van der Waals surface area contributed by atoms with Crippen LogP contribution in [0.3, 0.4) is 0 Å². The number of hydrogen-bond acceptors (Lipinski definition) is 3. The van der Waals surface area contributed by atoms with E-state index in [0.29, 0.717) is 0 Å². The molecule has 2 heterocycles. The number of piperidine rings is 1. The highest BCUT2D eigenvalue weighted by Crippen LogP contribution is 2.16. The van der Waals surface area contributed by atoms with Gasteiger partial charge in [0.15, 0.2) is 0 Å². The summed E-state index contributed by atoms with van der Waals surface area (Å²) in [5.74, 6) is 0.249. The summed E-state index contributed by atoms with van der Waals surface area (Å²) in [4.78, 5) is 15.6. The number of rotatable bonds is 4. The van der Waals surface area contributed by atoms with Gasteiger partial charge in [0.2, 0.25) is 5.91 Å². The SMILES string of the molecule is CC(Cc1cccs1)N(C)C(=O)C1CCCCN1. The van der Waals surface area contributed by atoms with Crippen molar-refractivity contribution in [1.82, 2.24) is 10.2 Å². The second kappa shape index (κ2) is 6.34. The third-order valence-electron chi connectivity index (χ3n) is 3.69. The molecule has 0 saturated carbocycles. The summed E-state index contributed by atoms with van der Waals surface area (Å²) in [5, 5.41) is 5.41. The van der Waals surface area contributed by atoms with E-state index in [1.807, 2.05) is 11.9 Å². The maximum atomic E-state index is 12.3. The highest BCUT2D eigenvalue weighted by molar-refractivity contribution is 7.09. The van der Waals surface area contributed by atoms with Crippen molar-refractivity contribution in [2.45, 2.75) is 44.7 Å². The van der Waals surface area contributed by atoms with E-state index < -0.39 is 0 Å². The van der Waals surface area contributed by atoms with E-state index in [1.54, 1.807) is 11.3 Å². The van der Waals surface area contributed by atoms with E-state index in [1.165, 1.54) is 11.3 Å². The van der Waals surface area contributed by atoms with Crippen LogP contribution in [0.15, 0.2) is 17.5 Å². The monoisotopic (exact) mass is 266 g/mol. The molecule has 1 aliphatic heterocycles. The van der Waals surface area contributed by atoms with Crippen molar-refractivity contribution in [3.63, 3.8) is 0 Å². The summed E-state index contributed by atoms with van der Waals surface area (Å²) in [6.07, 6.45) is 4.29. The van der Waals surface area contributed by atoms with Gasteiger partial charge >= 0.3 is 0 Å². The lowest BCUT2D eigenvalue weighted by atomic mass is 10.0. The normalized spacial score (nSPS) is 21.6. The molecule has 0 aliphatic carbocycles. The lowest BCUT2D eigenvalue weighted by Crippen LogP contribution is -2.50. The molecule has 3 nitrogen and oxygen atoms in total. The Kier molecular flexibility index (Phi) is 4.78. The summed E-state index contributed by atoms with van der Waals surface area (Å²) in [7, 11) is 1.93. The molecule has 1 aliphatic rings. The first-order chi connectivity index (χ1) is 8.68. The van der Waals surface area contributed by atoms with Gasteiger partial charge in [0.1, 0.15) is 0 Å². The Balaban J connectivity index is 1.88. The van der Waals surface area contributed by atoms with Crippen molar-refractivity contribution in [2.75, 3.05) is 13.6 Å². The van der Waals surface area contributed by atoms with Crippen molar-refractivity contribution in [1.29, 1.82) is 0 Å². The highest BCUT2D eigenvalue weighted by Gasteiger charge is 2.26. The first-order valence-electron chi connectivity index (χ1n) is 6.71. The molecule has 2 unspecified atom stereocenters. The summed E-state index contributed by atoms with van der Waals surface area (Å²) in [6, 6.07) is 4.50. The molecule has 0 aromatic carbocycles. The Morgan fingerprint density at radius 1 is 1.61 bits per heavy atom. The number of thiophene rings is 1. The topological polar surface area (TPSA) is 32.3 Å². The lowest BCUT2D eigenvalue weighted by molar-refractivity contribution is -0.134. The Bertz CT molecular complexity index is 371. The molecule has 1 N–H and O–H groups in total. The van der Waals surface area contributed by atoms with Crippen LogP contribution in [0.2, 0.25) is 0 Å². The third kappa shape index (κ3) is 3.33. The zero-order chi connectivity index (χ0) is 13.0. The van der Waals surface area contributed by atoms with Gasteiger partial charge in [-0.25, -0.2) is 0 Å². The molecule has 1 amide bonds. The molecule has 2 atom stereocenters. The van der Waals surface area contributed by atoms with Crippen molar-refractivity contribution >= 4 is 17.2 Å². The molecule has 1 aromatic heterocycles. The van der Waals surface area contributed by atoms with Crippen LogP contribution in [0.1, 0.15) is 31.1 Å². The zero-order valence-electron chi connectivity index (χ0n) is 11.2. The predicted molar refractivity (Wildman–Crippen MR) is 75.9 cm³/mol. The minimum Gasteiger partial charge on any atom is -0.341 e. The fraction of sp³-hybridized carbons (Fsp3) is 0.643. The molecule has 2 rings (SSSR count). The van der Waals surface area contributed by atoms with Gasteiger partial charge in [-0.15, -0.1) is 11.3 Å². The standard InChI is InChI=1S/C14H22N2OS/c1-11(10-12-6-5-9-18-12)16(2)14(17)13-7-3-4-8-15-13/h5-6,9,11,13,15H,3-4,7-8,10H2,1-2H3. The van der Waals surface area contributed by atoms with Crippen LogP contribution in [0.5, 0.6) is 0 Å². The quantitative estimate of drug-likeness (QED) is 0.907. The molecule has 18 heavy (non-hydrogen) atoms. The van der Waals surface area contributed by atoms with Crippen LogP contribution in [0.25, 0.3) is 0 Å². The van der Waals surface area contributed by atoms with Gasteiger partial charge in [-0.05, 0) is 37.8 Å². The number of likely N-dealkylation sites (N-methyl/N-ethyl adjacent to an activating group) is 1. The number of nitrogens with zero attached hydrogens (tertiary/aromatic N) is 1. The molecular weight excluding hydrogens is 244 g/mol. The number of amides is 1. The summed E-state index contributed by atoms with van der Waals surface area (Å²) in [6.45, 7) is 3.10. The Morgan fingerprint density at radius 3 is 3.06 bits per heavy atom. The molecule has 0 bridgehead atoms. The predicted octanol–water partition coefficient (Wildman–Crippen LogP) is 2.28. The van der Waals surface area contributed by atoms with Gasteiger partial charge in [0.25, 0.3) is 0 Å². The minimum absolute atomic E-state index is 0.0366. The van der Waals surface area contributed by atoms with Gasteiger partial charge in [-0.3, -0.25) is 4.79 Å². The first-order valence-corrected chi connectivity index (χ1v) is 7.59. The van der Waals surface area contributed by atoms with E-state index in [2.05, 4.69) is 29.8 Å². The summed E-state index contributed by atoms with van der Waals surface area (Å²) < 4.78 is 0. The van der Waals surface area contributed by atoms with Crippen LogP contribution in [0.4, 0.5) is 0 Å². The van der Waals surface area contributed by atoms with Gasteiger partial charge in [0.05, 0.1) is 6.04 Å². The number of carbonyl (C=O) groups excluding carboxylic acids is 1. The number of nitrogens with one attached hydrogen (secondary N) is 1. The Hall–Kier alpha value is -0.870. The van der Waals surface area contributed by atoms with E-state index >= 15 is 0 Å². The Morgan fingerprint density at radius 2 is 2.44 bits per heavy atom. The fourth-order valence-corrected chi connectivity index (χ4v) is 3.21. The van der Waals surface area contributed by atoms with Crippen LogP contribution in [0, 0.1) is 0 Å². The molecule has 0 radical (unpaired) electrons. The van der Waals surface area contributed by atoms with Crippen LogP contribution in [-0.2, 0) is 11.2 Å². The van der Waals surface area contributed by atoms with Gasteiger partial charge < -0.3 is 10.2 Å². The van der Waals surface area contributed by atoms with E-state index in [-0.39, 0.29) is 18.0 Å². The van der Waals surface area contributed by atoms with E-state index in [0.717, 1.165) is 25.8 Å². The maximum Gasteiger partial charge on any atom is 0.239 e. The highest BCUT2D eigenvalue weighted by atomic mass is 32.1. The number of hydrogen-bond donors (Lipinski definition) is 1. The van der Waals surface area contributed by atoms with Crippen LogP contribution in [-0.4, -0.2) is 36.5 Å². The van der Waals surface area contributed by atoms with Gasteiger partial charge in [-0.2, -0.15) is 0 Å². The third-order valence-corrected chi connectivity index (χ3v) is 4.59. The average Bonchev–Trinajstić information content (AvgIpc) is 2.91. The lowest BCUT2D eigenvalue weighted by Gasteiger charge is -2.31. The first kappa shape index (κ1) is 13.6. The molecule has 0 spiro atoms. The molecular formula is C14H22N2OS. The summed E-state index contributed by atoms with van der Waals surface area (Å²) >= 11 is 1.76. The molecule has 1 aromatic rings. The van der Waals surface area contributed by atoms with Gasteiger partial charge in [-0.1, -0.05) is 12.5 Å². The van der Waals surface area contributed by atoms with E-state index in [9.17, 15) is 4.79 Å². The molecule has 4 heteroatoms. The van der Waals surface area contributed by atoms with Crippen LogP contribution < -0.4 is 5.32 Å². The maximum absolute atomic E-state index is 12.3. The van der Waals surface area contributed by atoms with Crippen molar-refractivity contribution in [3.05, 3.63) is 22.4 Å². The fourth-order valence-electron chi connectivity index (χ4n) is 2.38. The largest absolute Gasteiger partial charge is 0.341 e. The van der Waals surface area contributed by atoms with Crippen molar-refractivity contribution in [2.24, 2.45) is 0 Å². The van der Waals surface area contributed by atoms with Crippen molar-refractivity contribution < 1.29 is 4.79 Å².